The molecule has 0 saturated heterocycles. The average Bonchev–Trinajstić information content (AvgIpc) is 2.71. The van der Waals surface area contributed by atoms with Gasteiger partial charge in [-0.05, 0) is 34.4 Å². The fraction of sp³-hybridized carbons (Fsp3) is 0.250. The van der Waals surface area contributed by atoms with Gasteiger partial charge in [-0.25, -0.2) is 0 Å². The van der Waals surface area contributed by atoms with Crippen molar-refractivity contribution in [2.24, 2.45) is 0 Å². The van der Waals surface area contributed by atoms with Crippen molar-refractivity contribution in [3.05, 3.63) is 47.0 Å². The maximum atomic E-state index is 2.22. The second-order valence-electron chi connectivity index (χ2n) is 4.28. The van der Waals surface area contributed by atoms with Crippen LogP contribution in [0.2, 0.25) is 0 Å². The first-order valence-electron chi connectivity index (χ1n) is 5.98. The van der Waals surface area contributed by atoms with Crippen LogP contribution in [0.1, 0.15) is 37.0 Å². The summed E-state index contributed by atoms with van der Waals surface area (Å²) in [6, 6.07) is 10.9. The lowest BCUT2D eigenvalue weighted by Crippen LogP contribution is -1.81. The van der Waals surface area contributed by atoms with Crippen LogP contribution in [0.15, 0.2) is 30.3 Å². The predicted molar refractivity (Wildman–Crippen MR) is 73.6 cm³/mol. The van der Waals surface area contributed by atoms with Crippen LogP contribution in [-0.4, -0.2) is 0 Å². The lowest BCUT2D eigenvalue weighted by atomic mass is 10.0. The maximum Gasteiger partial charge on any atom is -0.00362 e. The maximum absolute atomic E-state index is 2.22. The summed E-state index contributed by atoms with van der Waals surface area (Å²) in [5, 5.41) is 2.77. The smallest absolute Gasteiger partial charge is 0.00362 e. The molecule has 0 radical (unpaired) electrons. The summed E-state index contributed by atoms with van der Waals surface area (Å²) in [5.41, 5.74) is 4.12. The van der Waals surface area contributed by atoms with Gasteiger partial charge < -0.3 is 0 Å². The largest absolute Gasteiger partial charge is 0.0656 e. The first-order valence-corrected chi connectivity index (χ1v) is 5.98. The summed E-state index contributed by atoms with van der Waals surface area (Å²) >= 11 is 0. The molecule has 0 saturated carbocycles. The Kier molecular flexibility index (Phi) is 3.09. The monoisotopic (exact) mass is 210 g/mol. The summed E-state index contributed by atoms with van der Waals surface area (Å²) in [5.74, 6) is 0. The number of hydrogen-bond donors (Lipinski definition) is 0. The van der Waals surface area contributed by atoms with E-state index in [1.807, 2.05) is 0 Å². The summed E-state index contributed by atoms with van der Waals surface area (Å²) in [6.07, 6.45) is 5.66. The normalized spacial score (nSPS) is 11.4. The van der Waals surface area contributed by atoms with Gasteiger partial charge in [-0.2, -0.15) is 0 Å². The number of aryl methyl sites for hydroxylation is 1. The summed E-state index contributed by atoms with van der Waals surface area (Å²) in [4.78, 5) is 0. The van der Waals surface area contributed by atoms with Gasteiger partial charge in [0, 0.05) is 0 Å². The fourth-order valence-electron chi connectivity index (χ4n) is 2.07. The minimum atomic E-state index is 1.25. The molecule has 0 N–H and O–H groups in total. The molecule has 0 heterocycles. The molecule has 82 valence electrons. The molecule has 1 aliphatic rings. The van der Waals surface area contributed by atoms with Gasteiger partial charge in [0.1, 0.15) is 0 Å². The number of benzene rings is 2. The van der Waals surface area contributed by atoms with E-state index in [0.717, 1.165) is 0 Å². The third-order valence-electron chi connectivity index (χ3n) is 2.77. The third-order valence-corrected chi connectivity index (χ3v) is 2.77. The van der Waals surface area contributed by atoms with Crippen LogP contribution >= 0.6 is 0 Å². The second-order valence-corrected chi connectivity index (χ2v) is 4.28. The van der Waals surface area contributed by atoms with Crippen molar-refractivity contribution in [1.29, 1.82) is 0 Å². The summed E-state index contributed by atoms with van der Waals surface area (Å²) in [6.45, 7) is 6.42. The highest BCUT2D eigenvalue weighted by Gasteiger charge is 2.09. The van der Waals surface area contributed by atoms with E-state index in [-0.39, 0.29) is 0 Å². The number of hydrogen-bond acceptors (Lipinski definition) is 0. The molecular formula is C16H18. The average molecular weight is 210 g/mol. The Morgan fingerprint density at radius 1 is 0.938 bits per heavy atom. The second kappa shape index (κ2) is 4.52. The van der Waals surface area contributed by atoms with Crippen molar-refractivity contribution >= 4 is 22.9 Å². The zero-order valence-electron chi connectivity index (χ0n) is 10.2. The highest BCUT2D eigenvalue weighted by Crippen LogP contribution is 2.32. The standard InChI is InChI=1S/C13H10.C3H8/c1-9-5-6-10-3-2-4-11-7-8-12(9)13(10)11;1-3-2/h2-8H,1H3;3H2,1-2H3. The quantitative estimate of drug-likeness (QED) is 0.487. The molecule has 0 aromatic heterocycles. The lowest BCUT2D eigenvalue weighted by molar-refractivity contribution is 1.09. The van der Waals surface area contributed by atoms with E-state index in [4.69, 9.17) is 0 Å². The lowest BCUT2D eigenvalue weighted by Gasteiger charge is -2.03. The molecule has 0 bridgehead atoms. The van der Waals surface area contributed by atoms with Gasteiger partial charge in [-0.15, -0.1) is 0 Å². The first kappa shape index (κ1) is 10.9. The highest BCUT2D eigenvalue weighted by atomic mass is 14.1. The zero-order chi connectivity index (χ0) is 11.5. The predicted octanol–water partition coefficient (Wildman–Crippen LogP) is 5.05. The van der Waals surface area contributed by atoms with E-state index < -0.39 is 0 Å². The van der Waals surface area contributed by atoms with Gasteiger partial charge in [0.25, 0.3) is 0 Å². The van der Waals surface area contributed by atoms with Crippen LogP contribution in [0.5, 0.6) is 0 Å². The van der Waals surface area contributed by atoms with Crippen LogP contribution < -0.4 is 0 Å². The van der Waals surface area contributed by atoms with Crippen molar-refractivity contribution in [3.63, 3.8) is 0 Å². The summed E-state index contributed by atoms with van der Waals surface area (Å²) < 4.78 is 0. The van der Waals surface area contributed by atoms with Crippen molar-refractivity contribution in [2.45, 2.75) is 27.2 Å². The topological polar surface area (TPSA) is 0 Å². The Balaban J connectivity index is 0.000000292. The van der Waals surface area contributed by atoms with Gasteiger partial charge >= 0.3 is 0 Å². The highest BCUT2D eigenvalue weighted by molar-refractivity contribution is 6.05. The zero-order valence-corrected chi connectivity index (χ0v) is 10.2. The Hall–Kier alpha value is -1.56. The number of rotatable bonds is 0. The minimum absolute atomic E-state index is 1.25. The van der Waals surface area contributed by atoms with Gasteiger partial charge in [-0.1, -0.05) is 62.8 Å². The molecule has 0 amide bonds. The molecule has 0 spiro atoms. The summed E-state index contributed by atoms with van der Waals surface area (Å²) in [7, 11) is 0. The fourth-order valence-corrected chi connectivity index (χ4v) is 2.07. The molecule has 0 heteroatoms. The van der Waals surface area contributed by atoms with E-state index in [9.17, 15) is 0 Å². The molecule has 0 unspecified atom stereocenters. The molecule has 16 heavy (non-hydrogen) atoms. The molecule has 0 atom stereocenters. The Labute approximate surface area is 97.6 Å². The molecule has 0 aliphatic heterocycles. The molecular weight excluding hydrogens is 192 g/mol. The van der Waals surface area contributed by atoms with Crippen LogP contribution in [0, 0.1) is 6.92 Å². The Bertz CT molecular complexity index is 533. The van der Waals surface area contributed by atoms with Gasteiger partial charge in [0.05, 0.1) is 0 Å². The molecule has 1 aliphatic carbocycles. The van der Waals surface area contributed by atoms with Gasteiger partial charge in [-0.3, -0.25) is 0 Å². The molecule has 2 aromatic carbocycles. The minimum Gasteiger partial charge on any atom is -0.0656 e. The van der Waals surface area contributed by atoms with Crippen molar-refractivity contribution in [2.75, 3.05) is 0 Å². The Morgan fingerprint density at radius 3 is 2.44 bits per heavy atom. The van der Waals surface area contributed by atoms with E-state index in [0.29, 0.717) is 0 Å². The third kappa shape index (κ3) is 1.76. The van der Waals surface area contributed by atoms with Gasteiger partial charge in [0.15, 0.2) is 0 Å². The van der Waals surface area contributed by atoms with E-state index >= 15 is 0 Å². The SMILES string of the molecule is CCC.Cc1ccc2cccc3c2c1C=C3. The van der Waals surface area contributed by atoms with Crippen LogP contribution in [0.25, 0.3) is 22.9 Å². The van der Waals surface area contributed by atoms with E-state index in [2.05, 4.69) is 63.3 Å². The van der Waals surface area contributed by atoms with Crippen LogP contribution in [0.3, 0.4) is 0 Å². The van der Waals surface area contributed by atoms with Crippen LogP contribution in [-0.2, 0) is 0 Å². The van der Waals surface area contributed by atoms with E-state index in [1.165, 1.54) is 33.9 Å². The van der Waals surface area contributed by atoms with Gasteiger partial charge in [0.2, 0.25) is 0 Å². The molecule has 2 aromatic rings. The van der Waals surface area contributed by atoms with Crippen molar-refractivity contribution in [3.8, 4) is 0 Å². The van der Waals surface area contributed by atoms with E-state index in [1.54, 1.807) is 0 Å². The van der Waals surface area contributed by atoms with Crippen molar-refractivity contribution in [1.82, 2.24) is 0 Å². The first-order chi connectivity index (χ1) is 7.77. The molecule has 0 nitrogen and oxygen atoms in total. The molecule has 3 rings (SSSR count). The van der Waals surface area contributed by atoms with Crippen LogP contribution in [0.4, 0.5) is 0 Å². The molecule has 0 fully saturated rings. The van der Waals surface area contributed by atoms with Crippen molar-refractivity contribution < 1.29 is 0 Å². The Morgan fingerprint density at radius 2 is 1.69 bits per heavy atom.